The molecular weight excluding hydrogens is 198 g/mol. The van der Waals surface area contributed by atoms with Crippen LogP contribution in [0.4, 0.5) is 0 Å². The highest BCUT2D eigenvalue weighted by molar-refractivity contribution is 8.01. The van der Waals surface area contributed by atoms with Crippen molar-refractivity contribution in [3.8, 4) is 0 Å². The van der Waals surface area contributed by atoms with Crippen molar-refractivity contribution in [2.45, 2.75) is 38.0 Å². The van der Waals surface area contributed by atoms with Crippen LogP contribution in [0.25, 0.3) is 0 Å². The van der Waals surface area contributed by atoms with E-state index in [0.29, 0.717) is 18.8 Å². The van der Waals surface area contributed by atoms with Crippen molar-refractivity contribution in [3.63, 3.8) is 0 Å². The Balaban J connectivity index is 2.25. The molecule has 0 spiro atoms. The predicted molar refractivity (Wildman–Crippen MR) is 59.4 cm³/mol. The number of carbonyl (C=O) groups is 1. The van der Waals surface area contributed by atoms with Crippen molar-refractivity contribution in [1.29, 1.82) is 0 Å². The molecule has 0 aromatic carbocycles. The smallest absolute Gasteiger partial charge is 0.232 e. The van der Waals surface area contributed by atoms with Crippen LogP contribution in [-0.2, 0) is 4.79 Å². The van der Waals surface area contributed by atoms with Crippen LogP contribution in [-0.4, -0.2) is 45.1 Å². The maximum Gasteiger partial charge on any atom is 0.232 e. The van der Waals surface area contributed by atoms with Crippen LogP contribution >= 0.6 is 11.8 Å². The number of nitrogens with zero attached hydrogens (tertiary/aromatic N) is 1. The van der Waals surface area contributed by atoms with Gasteiger partial charge in [0.2, 0.25) is 5.91 Å². The van der Waals surface area contributed by atoms with Gasteiger partial charge in [0, 0.05) is 4.75 Å². The molecule has 0 radical (unpaired) electrons. The summed E-state index contributed by atoms with van der Waals surface area (Å²) in [4.78, 5) is 13.3. The van der Waals surface area contributed by atoms with E-state index in [1.807, 2.05) is 0 Å². The molecule has 0 saturated carbocycles. The van der Waals surface area contributed by atoms with Crippen LogP contribution in [0.15, 0.2) is 0 Å². The minimum Gasteiger partial charge on any atom is -0.386 e. The molecule has 1 aliphatic heterocycles. The Labute approximate surface area is 89.9 Å². The Bertz CT molecular complexity index is 225. The highest BCUT2D eigenvalue weighted by atomic mass is 32.2. The van der Waals surface area contributed by atoms with Crippen LogP contribution in [0.5, 0.6) is 0 Å². The lowest BCUT2D eigenvalue weighted by atomic mass is 9.97. The highest BCUT2D eigenvalue weighted by Gasteiger charge is 2.39. The first-order chi connectivity index (χ1) is 6.20. The number of β-amino-alcohol motifs (C(OH)–C–C–N with tert-alkyl or cyclic N) is 1. The molecule has 1 heterocycles. The molecule has 1 saturated heterocycles. The van der Waals surface area contributed by atoms with E-state index in [2.05, 4.69) is 20.8 Å². The van der Waals surface area contributed by atoms with Crippen LogP contribution in [0, 0.1) is 0 Å². The highest BCUT2D eigenvalue weighted by Crippen LogP contribution is 2.26. The van der Waals surface area contributed by atoms with Gasteiger partial charge in [-0.1, -0.05) is 20.8 Å². The van der Waals surface area contributed by atoms with Crippen LogP contribution in [0.1, 0.15) is 27.7 Å². The molecule has 1 rings (SSSR count). The number of carbonyl (C=O) groups excluding carboxylic acids is 1. The third-order valence-electron chi connectivity index (χ3n) is 2.04. The molecule has 0 aliphatic carbocycles. The van der Waals surface area contributed by atoms with Crippen molar-refractivity contribution in [2.75, 3.05) is 18.8 Å². The maximum atomic E-state index is 11.6. The molecule has 3 nitrogen and oxygen atoms in total. The number of aliphatic hydroxyl groups is 1. The minimum absolute atomic E-state index is 0.128. The summed E-state index contributed by atoms with van der Waals surface area (Å²) in [5.41, 5.74) is -0.651. The zero-order valence-corrected chi connectivity index (χ0v) is 10.1. The molecular formula is C10H19NO2S. The summed E-state index contributed by atoms with van der Waals surface area (Å²) in [6, 6.07) is 0. The summed E-state index contributed by atoms with van der Waals surface area (Å²) in [6.45, 7) is 9.01. The van der Waals surface area contributed by atoms with E-state index < -0.39 is 5.60 Å². The number of likely N-dealkylation sites (tertiary alicyclic amines) is 1. The van der Waals surface area contributed by atoms with Crippen molar-refractivity contribution in [1.82, 2.24) is 4.90 Å². The van der Waals surface area contributed by atoms with Crippen LogP contribution < -0.4 is 0 Å². The second-order valence-electron chi connectivity index (χ2n) is 5.15. The first-order valence-electron chi connectivity index (χ1n) is 4.84. The van der Waals surface area contributed by atoms with E-state index in [1.165, 1.54) is 0 Å². The number of thioether (sulfide) groups is 1. The fraction of sp³-hybridized carbons (Fsp3) is 0.900. The van der Waals surface area contributed by atoms with Gasteiger partial charge in [0.25, 0.3) is 0 Å². The molecule has 0 atom stereocenters. The lowest BCUT2D eigenvalue weighted by Gasteiger charge is -2.44. The largest absolute Gasteiger partial charge is 0.386 e. The van der Waals surface area contributed by atoms with Gasteiger partial charge in [-0.3, -0.25) is 4.79 Å². The molecule has 82 valence electrons. The van der Waals surface area contributed by atoms with Crippen molar-refractivity contribution in [2.24, 2.45) is 0 Å². The summed E-state index contributed by atoms with van der Waals surface area (Å²) < 4.78 is 0.128. The van der Waals surface area contributed by atoms with Crippen molar-refractivity contribution < 1.29 is 9.90 Å². The molecule has 0 aromatic rings. The molecule has 14 heavy (non-hydrogen) atoms. The molecule has 1 N–H and O–H groups in total. The summed E-state index contributed by atoms with van der Waals surface area (Å²) in [6.07, 6.45) is 0. The molecule has 1 fully saturated rings. The van der Waals surface area contributed by atoms with Crippen molar-refractivity contribution in [3.05, 3.63) is 0 Å². The van der Waals surface area contributed by atoms with Crippen LogP contribution in [0.2, 0.25) is 0 Å². The van der Waals surface area contributed by atoms with Gasteiger partial charge in [0.15, 0.2) is 0 Å². The predicted octanol–water partition coefficient (Wildman–Crippen LogP) is 1.11. The average molecular weight is 217 g/mol. The normalized spacial score (nSPS) is 20.5. The summed E-state index contributed by atoms with van der Waals surface area (Å²) in [5.74, 6) is 0.649. The molecule has 0 bridgehead atoms. The second-order valence-corrected chi connectivity index (χ2v) is 6.95. The van der Waals surface area contributed by atoms with E-state index in [9.17, 15) is 9.90 Å². The third-order valence-corrected chi connectivity index (χ3v) is 3.30. The lowest BCUT2D eigenvalue weighted by Crippen LogP contribution is -2.62. The van der Waals surface area contributed by atoms with E-state index >= 15 is 0 Å². The van der Waals surface area contributed by atoms with Gasteiger partial charge in [0.05, 0.1) is 24.4 Å². The molecule has 0 aromatic heterocycles. The van der Waals surface area contributed by atoms with Gasteiger partial charge in [-0.2, -0.15) is 0 Å². The standard InChI is InChI=1S/C10H19NO2S/c1-9(2,3)14-5-8(12)11-6-10(4,13)7-11/h13H,5-7H2,1-4H3. The summed E-state index contributed by atoms with van der Waals surface area (Å²) in [5, 5.41) is 9.46. The fourth-order valence-corrected chi connectivity index (χ4v) is 2.06. The quantitative estimate of drug-likeness (QED) is 0.753. The zero-order valence-electron chi connectivity index (χ0n) is 9.33. The van der Waals surface area contributed by atoms with E-state index in [0.717, 1.165) is 0 Å². The molecule has 0 unspecified atom stereocenters. The van der Waals surface area contributed by atoms with Gasteiger partial charge in [-0.15, -0.1) is 11.8 Å². The van der Waals surface area contributed by atoms with Gasteiger partial charge >= 0.3 is 0 Å². The Morgan fingerprint density at radius 3 is 2.36 bits per heavy atom. The van der Waals surface area contributed by atoms with Gasteiger partial charge in [-0.25, -0.2) is 0 Å². The zero-order chi connectivity index (χ0) is 11.0. The lowest BCUT2D eigenvalue weighted by molar-refractivity contribution is -0.149. The number of amides is 1. The number of hydrogen-bond acceptors (Lipinski definition) is 3. The van der Waals surface area contributed by atoms with Gasteiger partial charge < -0.3 is 10.0 Å². The van der Waals surface area contributed by atoms with E-state index in [-0.39, 0.29) is 10.7 Å². The third kappa shape index (κ3) is 3.50. The Morgan fingerprint density at radius 2 is 2.00 bits per heavy atom. The average Bonchev–Trinajstić information content (AvgIpc) is 1.94. The monoisotopic (exact) mass is 217 g/mol. The Hall–Kier alpha value is -0.220. The van der Waals surface area contributed by atoms with E-state index in [1.54, 1.807) is 23.6 Å². The Morgan fingerprint density at radius 1 is 1.50 bits per heavy atom. The summed E-state index contributed by atoms with van der Waals surface area (Å²) >= 11 is 1.65. The first kappa shape index (κ1) is 11.9. The maximum absolute atomic E-state index is 11.6. The summed E-state index contributed by atoms with van der Waals surface area (Å²) in [7, 11) is 0. The number of hydrogen-bond donors (Lipinski definition) is 1. The fourth-order valence-electron chi connectivity index (χ4n) is 1.32. The molecule has 1 amide bonds. The van der Waals surface area contributed by atoms with Crippen LogP contribution in [0.3, 0.4) is 0 Å². The number of rotatable bonds is 2. The first-order valence-corrected chi connectivity index (χ1v) is 5.82. The molecule has 1 aliphatic rings. The van der Waals surface area contributed by atoms with Gasteiger partial charge in [0.1, 0.15) is 0 Å². The SMILES string of the molecule is CC1(O)CN(C(=O)CSC(C)(C)C)C1. The second kappa shape index (κ2) is 3.74. The van der Waals surface area contributed by atoms with Crippen molar-refractivity contribution >= 4 is 17.7 Å². The van der Waals surface area contributed by atoms with Gasteiger partial charge in [-0.05, 0) is 6.92 Å². The minimum atomic E-state index is -0.651. The molecule has 4 heteroatoms. The Kier molecular flexibility index (Phi) is 3.17. The van der Waals surface area contributed by atoms with E-state index in [4.69, 9.17) is 0 Å². The topological polar surface area (TPSA) is 40.5 Å².